The Kier molecular flexibility index (Phi) is 1.49. The molecule has 3 nitrogen and oxygen atoms in total. The number of amides is 1. The van der Waals surface area contributed by atoms with E-state index in [2.05, 4.69) is 0 Å². The van der Waals surface area contributed by atoms with E-state index in [1.54, 1.807) is 0 Å². The molecule has 1 aliphatic heterocycles. The Bertz CT molecular complexity index is 221. The van der Waals surface area contributed by atoms with Crippen LogP contribution in [-0.4, -0.2) is 17.1 Å². The van der Waals surface area contributed by atoms with Gasteiger partial charge >= 0.3 is 0 Å². The van der Waals surface area contributed by atoms with Crippen LogP contribution in [0.5, 0.6) is 0 Å². The van der Waals surface area contributed by atoms with Crippen LogP contribution in [-0.2, 0) is 9.53 Å². The highest BCUT2D eigenvalue weighted by molar-refractivity contribution is 5.87. The van der Waals surface area contributed by atoms with Crippen molar-refractivity contribution in [1.82, 2.24) is 0 Å². The van der Waals surface area contributed by atoms with Gasteiger partial charge in [0.25, 0.3) is 5.91 Å². The van der Waals surface area contributed by atoms with E-state index in [9.17, 15) is 4.79 Å². The SMILES string of the molecule is C[C@]1(C(N)=O)OC12CCCCC2. The largest absolute Gasteiger partial charge is 0.367 e. The maximum absolute atomic E-state index is 11.1. The fraction of sp³-hybridized carbons (Fsp3) is 0.889. The van der Waals surface area contributed by atoms with Gasteiger partial charge in [-0.1, -0.05) is 19.3 Å². The molecule has 0 aromatic carbocycles. The van der Waals surface area contributed by atoms with Crippen LogP contribution < -0.4 is 5.73 Å². The summed E-state index contributed by atoms with van der Waals surface area (Å²) in [7, 11) is 0. The molecule has 0 aromatic rings. The summed E-state index contributed by atoms with van der Waals surface area (Å²) in [6, 6.07) is 0. The van der Waals surface area contributed by atoms with Gasteiger partial charge in [0.05, 0.1) is 0 Å². The molecule has 3 heteroatoms. The van der Waals surface area contributed by atoms with Crippen molar-refractivity contribution in [2.24, 2.45) is 5.73 Å². The van der Waals surface area contributed by atoms with E-state index >= 15 is 0 Å². The van der Waals surface area contributed by atoms with Crippen molar-refractivity contribution >= 4 is 5.91 Å². The number of carbonyl (C=O) groups is 1. The first kappa shape index (κ1) is 8.05. The molecule has 1 saturated heterocycles. The predicted octanol–water partition coefficient (Wildman–Crippen LogP) is 0.963. The van der Waals surface area contributed by atoms with E-state index in [1.807, 2.05) is 6.92 Å². The summed E-state index contributed by atoms with van der Waals surface area (Å²) in [6.45, 7) is 1.82. The number of hydrogen-bond acceptors (Lipinski definition) is 2. The Hall–Kier alpha value is -0.570. The van der Waals surface area contributed by atoms with E-state index in [4.69, 9.17) is 10.5 Å². The van der Waals surface area contributed by atoms with Gasteiger partial charge in [-0.2, -0.15) is 0 Å². The Morgan fingerprint density at radius 3 is 2.33 bits per heavy atom. The Morgan fingerprint density at radius 2 is 1.92 bits per heavy atom. The summed E-state index contributed by atoms with van der Waals surface area (Å²) in [5.74, 6) is -0.301. The molecule has 1 heterocycles. The van der Waals surface area contributed by atoms with Crippen LogP contribution in [0.4, 0.5) is 0 Å². The maximum Gasteiger partial charge on any atom is 0.252 e. The zero-order valence-corrected chi connectivity index (χ0v) is 7.43. The van der Waals surface area contributed by atoms with Gasteiger partial charge in [0, 0.05) is 0 Å². The fourth-order valence-electron chi connectivity index (χ4n) is 2.34. The topological polar surface area (TPSA) is 55.6 Å². The van der Waals surface area contributed by atoms with Gasteiger partial charge in [-0.3, -0.25) is 4.79 Å². The van der Waals surface area contributed by atoms with Crippen LogP contribution >= 0.6 is 0 Å². The standard InChI is InChI=1S/C9H15NO2/c1-8(7(10)11)9(12-8)5-3-2-4-6-9/h2-6H2,1H3,(H2,10,11)/t8-/m1/s1. The number of hydrogen-bond donors (Lipinski definition) is 1. The minimum absolute atomic E-state index is 0.170. The van der Waals surface area contributed by atoms with E-state index in [0.717, 1.165) is 12.8 Å². The molecule has 0 unspecified atom stereocenters. The summed E-state index contributed by atoms with van der Waals surface area (Å²) in [4.78, 5) is 11.1. The zero-order valence-electron chi connectivity index (χ0n) is 7.43. The third-order valence-electron chi connectivity index (χ3n) is 3.36. The molecular formula is C9H15NO2. The molecule has 1 saturated carbocycles. The average molecular weight is 169 g/mol. The lowest BCUT2D eigenvalue weighted by molar-refractivity contribution is -0.122. The van der Waals surface area contributed by atoms with Crippen LogP contribution in [0.15, 0.2) is 0 Å². The second-order valence-electron chi connectivity index (χ2n) is 4.05. The monoisotopic (exact) mass is 169 g/mol. The van der Waals surface area contributed by atoms with Gasteiger partial charge in [-0.25, -0.2) is 0 Å². The van der Waals surface area contributed by atoms with Crippen molar-refractivity contribution in [1.29, 1.82) is 0 Å². The molecule has 1 atom stereocenters. The number of primary amides is 1. The van der Waals surface area contributed by atoms with Crippen LogP contribution in [0.25, 0.3) is 0 Å². The van der Waals surface area contributed by atoms with Gasteiger partial charge in [-0.05, 0) is 19.8 Å². The summed E-state index contributed by atoms with van der Waals surface area (Å²) in [6.07, 6.45) is 5.62. The number of rotatable bonds is 1. The highest BCUT2D eigenvalue weighted by Gasteiger charge is 2.70. The van der Waals surface area contributed by atoms with E-state index in [-0.39, 0.29) is 11.5 Å². The van der Waals surface area contributed by atoms with Crippen LogP contribution in [0.1, 0.15) is 39.0 Å². The third-order valence-corrected chi connectivity index (χ3v) is 3.36. The summed E-state index contributed by atoms with van der Waals surface area (Å²) in [5, 5.41) is 0. The Balaban J connectivity index is 2.12. The molecule has 12 heavy (non-hydrogen) atoms. The van der Waals surface area contributed by atoms with Gasteiger partial charge in [0.2, 0.25) is 0 Å². The molecule has 68 valence electrons. The van der Waals surface area contributed by atoms with Crippen molar-refractivity contribution in [2.45, 2.75) is 50.2 Å². The summed E-state index contributed by atoms with van der Waals surface area (Å²) >= 11 is 0. The second kappa shape index (κ2) is 2.22. The van der Waals surface area contributed by atoms with Crippen molar-refractivity contribution < 1.29 is 9.53 Å². The lowest BCUT2D eigenvalue weighted by Crippen LogP contribution is -2.37. The first-order chi connectivity index (χ1) is 5.61. The first-order valence-corrected chi connectivity index (χ1v) is 4.61. The third kappa shape index (κ3) is 0.829. The van der Waals surface area contributed by atoms with E-state index in [0.29, 0.717) is 0 Å². The second-order valence-corrected chi connectivity index (χ2v) is 4.05. The van der Waals surface area contributed by atoms with Gasteiger partial charge in [0.15, 0.2) is 5.60 Å². The quantitative estimate of drug-likeness (QED) is 0.594. The lowest BCUT2D eigenvalue weighted by Gasteiger charge is -2.19. The highest BCUT2D eigenvalue weighted by atomic mass is 16.6. The van der Waals surface area contributed by atoms with Gasteiger partial charge < -0.3 is 10.5 Å². The van der Waals surface area contributed by atoms with Crippen molar-refractivity contribution in [3.63, 3.8) is 0 Å². The molecule has 2 N–H and O–H groups in total. The molecule has 2 fully saturated rings. The zero-order chi connectivity index (χ0) is 8.82. The van der Waals surface area contributed by atoms with Crippen molar-refractivity contribution in [2.75, 3.05) is 0 Å². The lowest BCUT2D eigenvalue weighted by atomic mass is 9.80. The molecule has 2 rings (SSSR count). The number of carbonyl (C=O) groups excluding carboxylic acids is 1. The highest BCUT2D eigenvalue weighted by Crippen LogP contribution is 2.56. The van der Waals surface area contributed by atoms with Gasteiger partial charge in [-0.15, -0.1) is 0 Å². The average Bonchev–Trinajstić information content (AvgIpc) is 2.59. The molecule has 1 aliphatic carbocycles. The maximum atomic E-state index is 11.1. The molecular weight excluding hydrogens is 154 g/mol. The summed E-state index contributed by atoms with van der Waals surface area (Å²) in [5.41, 5.74) is 4.46. The molecule has 1 amide bonds. The van der Waals surface area contributed by atoms with Crippen molar-refractivity contribution in [3.8, 4) is 0 Å². The minimum Gasteiger partial charge on any atom is -0.367 e. The Labute approximate surface area is 72.3 Å². The van der Waals surface area contributed by atoms with E-state index in [1.165, 1.54) is 19.3 Å². The van der Waals surface area contributed by atoms with Crippen molar-refractivity contribution in [3.05, 3.63) is 0 Å². The molecule has 2 aliphatic rings. The molecule has 0 bridgehead atoms. The van der Waals surface area contributed by atoms with E-state index < -0.39 is 5.60 Å². The normalized spacial score (nSPS) is 38.1. The summed E-state index contributed by atoms with van der Waals surface area (Å²) < 4.78 is 5.52. The van der Waals surface area contributed by atoms with Gasteiger partial charge in [0.1, 0.15) is 5.60 Å². The van der Waals surface area contributed by atoms with Crippen LogP contribution in [0.2, 0.25) is 0 Å². The van der Waals surface area contributed by atoms with Crippen LogP contribution in [0.3, 0.4) is 0 Å². The fourth-order valence-corrected chi connectivity index (χ4v) is 2.34. The Morgan fingerprint density at radius 1 is 1.33 bits per heavy atom. The smallest absolute Gasteiger partial charge is 0.252 e. The molecule has 0 aromatic heterocycles. The minimum atomic E-state index is -0.645. The number of nitrogens with two attached hydrogens (primary N) is 1. The van der Waals surface area contributed by atoms with Crippen LogP contribution in [0, 0.1) is 0 Å². The molecule has 0 radical (unpaired) electrons. The predicted molar refractivity (Wildman–Crippen MR) is 44.5 cm³/mol. The number of epoxide rings is 1. The molecule has 1 spiro atoms. The first-order valence-electron chi connectivity index (χ1n) is 4.61. The number of ether oxygens (including phenoxy) is 1.